The predicted octanol–water partition coefficient (Wildman–Crippen LogP) is 7.86. The minimum Gasteiger partial charge on any atom is -0.241 e. The molecule has 0 aromatic heterocycles. The second-order valence-corrected chi connectivity index (χ2v) is 7.98. The van der Waals surface area contributed by atoms with Gasteiger partial charge in [0, 0.05) is 14.8 Å². The molecule has 1 nitrogen and oxygen atoms in total. The van der Waals surface area contributed by atoms with E-state index in [0.717, 1.165) is 26.2 Å². The van der Waals surface area contributed by atoms with Crippen molar-refractivity contribution in [2.75, 3.05) is 0 Å². The summed E-state index contributed by atoms with van der Waals surface area (Å²) < 4.78 is 0. The molecule has 3 aromatic carbocycles. The summed E-state index contributed by atoms with van der Waals surface area (Å²) >= 11 is 9.31. The zero-order chi connectivity index (χ0) is 18.2. The molecule has 130 valence electrons. The fraction of sp³-hybridized carbons (Fsp3) is 0.0455. The van der Waals surface area contributed by atoms with Gasteiger partial charge >= 0.3 is 0 Å². The lowest BCUT2D eigenvalue weighted by Crippen LogP contribution is -1.94. The van der Waals surface area contributed by atoms with Crippen LogP contribution in [-0.4, -0.2) is 5.04 Å². The molecule has 0 aliphatic rings. The highest BCUT2D eigenvalue weighted by Gasteiger charge is 2.06. The molecule has 0 amide bonds. The van der Waals surface area contributed by atoms with Gasteiger partial charge in [0.15, 0.2) is 0 Å². The number of thioether (sulfide) groups is 2. The van der Waals surface area contributed by atoms with Gasteiger partial charge in [0.25, 0.3) is 0 Å². The number of rotatable bonds is 5. The normalized spacial score (nSPS) is 12.2. The van der Waals surface area contributed by atoms with E-state index in [2.05, 4.69) is 24.5 Å². The first-order valence-electron chi connectivity index (χ1n) is 8.17. The predicted molar refractivity (Wildman–Crippen MR) is 117 cm³/mol. The van der Waals surface area contributed by atoms with Gasteiger partial charge in [-0.2, -0.15) is 0 Å². The second kappa shape index (κ2) is 9.67. The molecule has 0 saturated heterocycles. The van der Waals surface area contributed by atoms with E-state index >= 15 is 0 Å². The smallest absolute Gasteiger partial charge is 0.105 e. The maximum absolute atomic E-state index is 5.96. The maximum Gasteiger partial charge on any atom is 0.105 e. The van der Waals surface area contributed by atoms with E-state index < -0.39 is 0 Å². The maximum atomic E-state index is 5.96. The summed E-state index contributed by atoms with van der Waals surface area (Å²) in [6.07, 6.45) is 0. The van der Waals surface area contributed by atoms with E-state index in [4.69, 9.17) is 16.6 Å². The summed E-state index contributed by atoms with van der Waals surface area (Å²) in [6.45, 7) is 2.10. The van der Waals surface area contributed by atoms with Crippen LogP contribution in [0.5, 0.6) is 0 Å². The number of para-hydroxylation sites is 1. The van der Waals surface area contributed by atoms with Crippen molar-refractivity contribution in [3.8, 4) is 0 Å². The van der Waals surface area contributed by atoms with Crippen LogP contribution in [0.1, 0.15) is 6.92 Å². The van der Waals surface area contributed by atoms with E-state index in [1.807, 2.05) is 72.8 Å². The molecular weight excluding hydrogens is 378 g/mol. The minimum absolute atomic E-state index is 0.751. The Kier molecular flexibility index (Phi) is 7.01. The quantitative estimate of drug-likeness (QED) is 0.247. The summed E-state index contributed by atoms with van der Waals surface area (Å²) in [6, 6.07) is 28.2. The fourth-order valence-corrected chi connectivity index (χ4v) is 3.94. The van der Waals surface area contributed by atoms with Crippen LogP contribution in [0, 0.1) is 0 Å². The molecule has 0 spiro atoms. The summed E-state index contributed by atoms with van der Waals surface area (Å²) in [5.41, 5.74) is 2.08. The van der Waals surface area contributed by atoms with Crippen LogP contribution < -0.4 is 0 Å². The molecule has 0 aliphatic carbocycles. The van der Waals surface area contributed by atoms with Gasteiger partial charge in [-0.05, 0) is 66.4 Å². The number of hydrogen-bond acceptors (Lipinski definition) is 3. The zero-order valence-corrected chi connectivity index (χ0v) is 16.7. The average Bonchev–Trinajstić information content (AvgIpc) is 2.68. The zero-order valence-electron chi connectivity index (χ0n) is 14.3. The Morgan fingerprint density at radius 1 is 0.808 bits per heavy atom. The van der Waals surface area contributed by atoms with Crippen molar-refractivity contribution in [3.63, 3.8) is 0 Å². The van der Waals surface area contributed by atoms with Gasteiger partial charge in [0.2, 0.25) is 0 Å². The number of benzene rings is 3. The molecule has 0 aliphatic heterocycles. The third-order valence-corrected chi connectivity index (χ3v) is 5.85. The largest absolute Gasteiger partial charge is 0.241 e. The Hall–Kier alpha value is -1.94. The minimum atomic E-state index is 0.751. The van der Waals surface area contributed by atoms with Crippen LogP contribution in [0.15, 0.2) is 111 Å². The lowest BCUT2D eigenvalue weighted by atomic mass is 10.3. The molecule has 0 N–H and O–H groups in total. The molecule has 0 bridgehead atoms. The van der Waals surface area contributed by atoms with Crippen molar-refractivity contribution < 1.29 is 0 Å². The number of halogens is 1. The van der Waals surface area contributed by atoms with Crippen LogP contribution in [0.4, 0.5) is 5.69 Å². The van der Waals surface area contributed by atoms with E-state index in [0.29, 0.717) is 0 Å². The van der Waals surface area contributed by atoms with Crippen LogP contribution in [-0.2, 0) is 0 Å². The van der Waals surface area contributed by atoms with Crippen LogP contribution in [0.3, 0.4) is 0 Å². The van der Waals surface area contributed by atoms with Crippen molar-refractivity contribution in [2.45, 2.75) is 16.7 Å². The van der Waals surface area contributed by atoms with Gasteiger partial charge in [-0.15, -0.1) is 0 Å². The third-order valence-electron chi connectivity index (χ3n) is 3.47. The molecule has 0 saturated carbocycles. The van der Waals surface area contributed by atoms with Gasteiger partial charge in [0.05, 0.1) is 5.69 Å². The highest BCUT2D eigenvalue weighted by molar-refractivity contribution is 8.14. The van der Waals surface area contributed by atoms with E-state index in [1.165, 1.54) is 4.90 Å². The summed E-state index contributed by atoms with van der Waals surface area (Å²) in [7, 11) is 0. The Labute approximate surface area is 168 Å². The standard InChI is InChI=1S/C22H18ClNS2/c1-17(16-25-20-14-12-18(23)13-15-20)22(24-19-8-4-2-5-9-19)26-21-10-6-3-7-11-21/h2-16H,1H3/b17-16+,24-22?. The van der Waals surface area contributed by atoms with Crippen molar-refractivity contribution in [1.29, 1.82) is 0 Å². The van der Waals surface area contributed by atoms with Crippen LogP contribution >= 0.6 is 35.1 Å². The molecule has 0 unspecified atom stereocenters. The number of aliphatic imine (C=N–C) groups is 1. The number of hydrogen-bond donors (Lipinski definition) is 0. The first kappa shape index (κ1) is 18.8. The lowest BCUT2D eigenvalue weighted by molar-refractivity contribution is 1.46. The molecule has 3 rings (SSSR count). The molecule has 4 heteroatoms. The van der Waals surface area contributed by atoms with Crippen LogP contribution in [0.25, 0.3) is 0 Å². The monoisotopic (exact) mass is 395 g/mol. The Morgan fingerprint density at radius 3 is 2.08 bits per heavy atom. The second-order valence-electron chi connectivity index (χ2n) is 5.54. The average molecular weight is 396 g/mol. The summed E-state index contributed by atoms with van der Waals surface area (Å²) in [5, 5.41) is 3.88. The first-order valence-corrected chi connectivity index (χ1v) is 10.2. The number of nitrogens with zero attached hydrogens (tertiary/aromatic N) is 1. The Bertz CT molecular complexity index is 888. The summed E-state index contributed by atoms with van der Waals surface area (Å²) in [5.74, 6) is 0. The molecule has 0 atom stereocenters. The van der Waals surface area contributed by atoms with Gasteiger partial charge < -0.3 is 0 Å². The highest BCUT2D eigenvalue weighted by Crippen LogP contribution is 2.29. The van der Waals surface area contributed by atoms with E-state index in [-0.39, 0.29) is 0 Å². The van der Waals surface area contributed by atoms with Crippen molar-refractivity contribution in [1.82, 2.24) is 0 Å². The third kappa shape index (κ3) is 5.80. The Balaban J connectivity index is 1.85. The summed E-state index contributed by atoms with van der Waals surface area (Å²) in [4.78, 5) is 7.18. The lowest BCUT2D eigenvalue weighted by Gasteiger charge is -2.08. The highest BCUT2D eigenvalue weighted by atomic mass is 35.5. The van der Waals surface area contributed by atoms with Crippen molar-refractivity contribution >= 4 is 45.9 Å². The van der Waals surface area contributed by atoms with Crippen molar-refractivity contribution in [3.05, 3.63) is 101 Å². The van der Waals surface area contributed by atoms with E-state index in [9.17, 15) is 0 Å². The van der Waals surface area contributed by atoms with Gasteiger partial charge in [-0.1, -0.05) is 71.5 Å². The fourth-order valence-electron chi connectivity index (χ4n) is 2.13. The molecular formula is C22H18ClNS2. The topological polar surface area (TPSA) is 12.4 Å². The SMILES string of the molecule is C/C(=C\Sc1ccc(Cl)cc1)C(=Nc1ccccc1)Sc1ccccc1. The van der Waals surface area contributed by atoms with Gasteiger partial charge in [-0.3, -0.25) is 0 Å². The molecule has 0 radical (unpaired) electrons. The van der Waals surface area contributed by atoms with Crippen LogP contribution in [0.2, 0.25) is 5.02 Å². The molecule has 0 fully saturated rings. The molecule has 26 heavy (non-hydrogen) atoms. The Morgan fingerprint density at radius 2 is 1.42 bits per heavy atom. The van der Waals surface area contributed by atoms with Gasteiger partial charge in [0.1, 0.15) is 5.04 Å². The van der Waals surface area contributed by atoms with Gasteiger partial charge in [-0.25, -0.2) is 4.99 Å². The van der Waals surface area contributed by atoms with E-state index in [1.54, 1.807) is 23.5 Å². The molecule has 0 heterocycles. The molecule has 3 aromatic rings. The van der Waals surface area contributed by atoms with Crippen molar-refractivity contribution in [2.24, 2.45) is 4.99 Å². The first-order chi connectivity index (χ1) is 12.7.